The van der Waals surface area contributed by atoms with Gasteiger partial charge in [0.2, 0.25) is 0 Å². The van der Waals surface area contributed by atoms with Crippen LogP contribution in [0.15, 0.2) is 209 Å². The lowest BCUT2D eigenvalue weighted by Crippen LogP contribution is -2.03. The molecule has 0 unspecified atom stereocenters. The van der Waals surface area contributed by atoms with Gasteiger partial charge < -0.3 is 0 Å². The van der Waals surface area contributed by atoms with Crippen molar-refractivity contribution in [3.8, 4) is 0 Å². The van der Waals surface area contributed by atoms with E-state index >= 15 is 0 Å². The number of aliphatic imine (C=N–C) groups is 2. The zero-order chi connectivity index (χ0) is 38.9. The fraction of sp³-hybridized carbons (Fsp3) is 0.111. The molecule has 2 nitrogen and oxygen atoms in total. The van der Waals surface area contributed by atoms with Crippen molar-refractivity contribution in [3.05, 3.63) is 232 Å². The van der Waals surface area contributed by atoms with Gasteiger partial charge in [0.1, 0.15) is 0 Å². The number of hydrogen-bond donors (Lipinski definition) is 0. The average Bonchev–Trinajstić information content (AvgIpc) is 3.80. The maximum absolute atomic E-state index is 5.41. The Labute approximate surface area is 338 Å². The lowest BCUT2D eigenvalue weighted by Gasteiger charge is -2.35. The number of fused-ring (bicyclic) bond motifs is 2. The van der Waals surface area contributed by atoms with E-state index in [1.165, 1.54) is 59.6 Å². The van der Waals surface area contributed by atoms with Crippen molar-refractivity contribution in [3.63, 3.8) is 0 Å². The lowest BCUT2D eigenvalue weighted by molar-refractivity contribution is 0.987. The predicted molar refractivity (Wildman–Crippen MR) is 249 cm³/mol. The van der Waals surface area contributed by atoms with E-state index < -0.39 is 10.0 Å². The van der Waals surface area contributed by atoms with Crippen LogP contribution in [0.25, 0.3) is 32.5 Å². The number of allylic oxidation sites excluding steroid dienone is 8. The minimum atomic E-state index is -1.42. The monoisotopic (exact) mass is 754 g/mol. The van der Waals surface area contributed by atoms with Crippen LogP contribution in [0.5, 0.6) is 0 Å². The summed E-state index contributed by atoms with van der Waals surface area (Å²) in [6.07, 6.45) is 16.9. The van der Waals surface area contributed by atoms with Gasteiger partial charge >= 0.3 is 0 Å². The highest BCUT2D eigenvalue weighted by atomic mass is 32.3. The van der Waals surface area contributed by atoms with Crippen LogP contribution in [0.3, 0.4) is 0 Å². The molecule has 0 radical (unpaired) electrons. The maximum atomic E-state index is 5.41. The van der Waals surface area contributed by atoms with Gasteiger partial charge in [0, 0.05) is 44.2 Å². The zero-order valence-corrected chi connectivity index (χ0v) is 33.7. The molecule has 3 aliphatic rings. The molecule has 0 spiro atoms. The smallest absolute Gasteiger partial charge is 0.0711 e. The number of hydrogen-bond acceptors (Lipinski definition) is 2. The van der Waals surface area contributed by atoms with Crippen molar-refractivity contribution in [2.24, 2.45) is 9.98 Å². The van der Waals surface area contributed by atoms with Gasteiger partial charge in [-0.05, 0) is 88.6 Å². The first-order valence-corrected chi connectivity index (χ1v) is 22.2. The highest BCUT2D eigenvalue weighted by Gasteiger charge is 2.39. The van der Waals surface area contributed by atoms with E-state index in [1.54, 1.807) is 0 Å². The molecule has 6 aromatic rings. The Kier molecular flexibility index (Phi) is 9.78. The Morgan fingerprint density at radius 3 is 2.07 bits per heavy atom. The Morgan fingerprint density at radius 2 is 1.33 bits per heavy atom. The van der Waals surface area contributed by atoms with Gasteiger partial charge in [0.25, 0.3) is 0 Å². The van der Waals surface area contributed by atoms with Crippen LogP contribution >= 0.6 is 10.0 Å². The Hall–Kier alpha value is -6.29. The third kappa shape index (κ3) is 6.94. The zero-order valence-electron chi connectivity index (χ0n) is 32.9. The quantitative estimate of drug-likeness (QED) is 0.104. The molecule has 0 aromatic heterocycles. The van der Waals surface area contributed by atoms with Crippen LogP contribution in [-0.2, 0) is 6.42 Å². The van der Waals surface area contributed by atoms with Crippen molar-refractivity contribution in [1.82, 2.24) is 0 Å². The molecule has 0 bridgehead atoms. The van der Waals surface area contributed by atoms with Crippen molar-refractivity contribution in [2.75, 3.05) is 12.5 Å². The van der Waals surface area contributed by atoms with Crippen molar-refractivity contribution >= 4 is 59.7 Å². The normalized spacial score (nSPS) is 17.1. The second-order valence-electron chi connectivity index (χ2n) is 15.3. The van der Waals surface area contributed by atoms with Crippen molar-refractivity contribution < 1.29 is 0 Å². The van der Waals surface area contributed by atoms with Gasteiger partial charge in [-0.25, -0.2) is 0 Å². The largest absolute Gasteiger partial charge is 0.252 e. The van der Waals surface area contributed by atoms with Gasteiger partial charge in [0.05, 0.1) is 17.1 Å². The Morgan fingerprint density at radius 1 is 0.684 bits per heavy atom. The molecule has 0 N–H and O–H groups in total. The molecule has 278 valence electrons. The molecule has 0 atom stereocenters. The number of benzene rings is 6. The van der Waals surface area contributed by atoms with E-state index in [-0.39, 0.29) is 0 Å². The van der Waals surface area contributed by atoms with Crippen molar-refractivity contribution in [2.45, 2.75) is 26.2 Å². The van der Waals surface area contributed by atoms with Gasteiger partial charge in [0.15, 0.2) is 0 Å². The summed E-state index contributed by atoms with van der Waals surface area (Å²) >= 11 is 0. The molecule has 57 heavy (non-hydrogen) atoms. The standard InChI is InChI=1S/C54H46N2S/c1-37(49-36-45-26-15-17-30-48(45)56-49)35-50(55-38(2)46-29-18-27-39-19-14-16-28-47(39)46)40-31-33-42(34-32-40)52-51(41-20-8-5-9-21-41)53(43-22-10-6-11-23-43)57(3,4)54(52)44-24-12-7-13-25-44/h5-10,12-22,24-35H,1,11,23,36H2,2-4H3/b50-35-,55-38?. The summed E-state index contributed by atoms with van der Waals surface area (Å²) in [4.78, 5) is 13.3. The van der Waals surface area contributed by atoms with Crippen LogP contribution in [-0.4, -0.2) is 23.9 Å². The fourth-order valence-electron chi connectivity index (χ4n) is 8.64. The summed E-state index contributed by atoms with van der Waals surface area (Å²) < 4.78 is 0. The van der Waals surface area contributed by atoms with E-state index in [2.05, 4.69) is 196 Å². The highest BCUT2D eigenvalue weighted by molar-refractivity contribution is 8.43. The average molecular weight is 755 g/mol. The first kappa shape index (κ1) is 36.4. The molecule has 0 fully saturated rings. The van der Waals surface area contributed by atoms with Crippen LogP contribution < -0.4 is 0 Å². The summed E-state index contributed by atoms with van der Waals surface area (Å²) in [6, 6.07) is 54.6. The molecule has 3 heteroatoms. The summed E-state index contributed by atoms with van der Waals surface area (Å²) in [7, 11) is -1.42. The molecule has 0 saturated heterocycles. The third-order valence-corrected chi connectivity index (χ3v) is 14.3. The summed E-state index contributed by atoms with van der Waals surface area (Å²) in [5.41, 5.74) is 16.0. The highest BCUT2D eigenvalue weighted by Crippen LogP contribution is 2.73. The predicted octanol–water partition coefficient (Wildman–Crippen LogP) is 14.2. The minimum absolute atomic E-state index is 0.765. The lowest BCUT2D eigenvalue weighted by atomic mass is 9.87. The van der Waals surface area contributed by atoms with E-state index in [9.17, 15) is 0 Å². The molecule has 6 aromatic carbocycles. The number of rotatable bonds is 9. The first-order chi connectivity index (χ1) is 27.9. The summed E-state index contributed by atoms with van der Waals surface area (Å²) in [6.45, 7) is 6.67. The summed E-state index contributed by atoms with van der Waals surface area (Å²) in [5.74, 6) is 0. The van der Waals surface area contributed by atoms with E-state index in [0.29, 0.717) is 0 Å². The van der Waals surface area contributed by atoms with Gasteiger partial charge in [-0.2, -0.15) is 10.0 Å². The summed E-state index contributed by atoms with van der Waals surface area (Å²) in [5, 5.41) is 2.39. The fourth-order valence-corrected chi connectivity index (χ4v) is 11.9. The molecule has 9 rings (SSSR count). The molecule has 2 aliphatic heterocycles. The minimum Gasteiger partial charge on any atom is -0.252 e. The van der Waals surface area contributed by atoms with E-state index in [0.717, 1.165) is 58.8 Å². The van der Waals surface area contributed by atoms with Crippen LogP contribution in [0.2, 0.25) is 0 Å². The second kappa shape index (κ2) is 15.3. The van der Waals surface area contributed by atoms with Crippen LogP contribution in [0.4, 0.5) is 5.69 Å². The van der Waals surface area contributed by atoms with E-state index in [4.69, 9.17) is 9.98 Å². The first-order valence-electron chi connectivity index (χ1n) is 19.8. The van der Waals surface area contributed by atoms with Gasteiger partial charge in [-0.15, -0.1) is 0 Å². The topological polar surface area (TPSA) is 24.7 Å². The third-order valence-electron chi connectivity index (χ3n) is 11.4. The number of nitrogens with zero attached hydrogens (tertiary/aromatic N) is 2. The number of para-hydroxylation sites is 1. The second-order valence-corrected chi connectivity index (χ2v) is 18.8. The SMILES string of the molecule is C=C(/C=C(\N=C(C)c1cccc2ccccc12)c1ccc(C2=C(c3ccccc3)S(C)(C)C(C3=CC=CCC3)=C2c2ccccc2)cc1)C1=Nc2ccccc2C1. The molecule has 0 amide bonds. The molecule has 0 saturated carbocycles. The maximum Gasteiger partial charge on any atom is 0.0711 e. The molecule has 1 aliphatic carbocycles. The van der Waals surface area contributed by atoms with Crippen molar-refractivity contribution in [1.29, 1.82) is 0 Å². The van der Waals surface area contributed by atoms with Crippen LogP contribution in [0.1, 0.15) is 53.1 Å². The van der Waals surface area contributed by atoms with Crippen LogP contribution in [0, 0.1) is 0 Å². The van der Waals surface area contributed by atoms with Gasteiger partial charge in [-0.3, -0.25) is 9.98 Å². The molecule has 2 heterocycles. The van der Waals surface area contributed by atoms with E-state index in [1.807, 2.05) is 6.07 Å². The molecular formula is C54H46N2S. The Bertz CT molecular complexity index is 2760. The molecular weight excluding hydrogens is 709 g/mol. The Balaban J connectivity index is 1.20. The van der Waals surface area contributed by atoms with Gasteiger partial charge in [-0.1, -0.05) is 170 Å².